The molecular formula is C30H26O2. The zero-order chi connectivity index (χ0) is 22.1. The summed E-state index contributed by atoms with van der Waals surface area (Å²) in [5.41, 5.74) is 10.6. The van der Waals surface area contributed by atoms with E-state index in [1.165, 1.54) is 46.7 Å². The summed E-state index contributed by atoms with van der Waals surface area (Å²) in [6.45, 7) is 2.96. The third-order valence-corrected chi connectivity index (χ3v) is 6.76. The molecule has 1 N–H and O–H groups in total. The van der Waals surface area contributed by atoms with E-state index in [-0.39, 0.29) is 0 Å². The number of carboxylic acids is 1. The summed E-state index contributed by atoms with van der Waals surface area (Å²) < 4.78 is 0. The summed E-state index contributed by atoms with van der Waals surface area (Å²) in [6.07, 6.45) is 5.68. The summed E-state index contributed by atoms with van der Waals surface area (Å²) in [5, 5.41) is 10.4. The standard InChI is InChI=1S/C27H22.C3H4O2/c1-2-8-19-16-26-20(15-18(19)7-1)10-5-12-24(26)25-14-6-13-23-22-11-4-3-9-21(22)17-27(23)25;1-2-3(4)5/h1-4,6-9,11,13-16,24H,5,10,12,17H2;2H,1H2,(H,4,5). The monoisotopic (exact) mass is 418 g/mol. The number of benzene rings is 4. The predicted molar refractivity (Wildman–Crippen MR) is 131 cm³/mol. The van der Waals surface area contributed by atoms with Gasteiger partial charge in [0.05, 0.1) is 0 Å². The first-order valence-corrected chi connectivity index (χ1v) is 11.2. The van der Waals surface area contributed by atoms with Crippen molar-refractivity contribution in [1.29, 1.82) is 0 Å². The van der Waals surface area contributed by atoms with Crippen molar-refractivity contribution < 1.29 is 9.90 Å². The van der Waals surface area contributed by atoms with Crippen LogP contribution in [0.5, 0.6) is 0 Å². The van der Waals surface area contributed by atoms with Crippen molar-refractivity contribution in [3.8, 4) is 11.1 Å². The van der Waals surface area contributed by atoms with E-state index in [2.05, 4.69) is 85.4 Å². The SMILES string of the molecule is C=CC(=O)O.c1ccc2c(c1)Cc1c-2cccc1C1CCCc2cc3ccccc3cc21. The number of hydrogen-bond donors (Lipinski definition) is 1. The fraction of sp³-hybridized carbons (Fsp3) is 0.167. The number of aryl methyl sites for hydroxylation is 1. The van der Waals surface area contributed by atoms with Crippen LogP contribution in [0.15, 0.2) is 91.5 Å². The molecule has 2 aliphatic rings. The van der Waals surface area contributed by atoms with Gasteiger partial charge in [-0.1, -0.05) is 85.4 Å². The van der Waals surface area contributed by atoms with Gasteiger partial charge in [0.15, 0.2) is 0 Å². The van der Waals surface area contributed by atoms with Crippen LogP contribution in [-0.2, 0) is 17.6 Å². The van der Waals surface area contributed by atoms with Gasteiger partial charge < -0.3 is 5.11 Å². The van der Waals surface area contributed by atoms with E-state index in [4.69, 9.17) is 5.11 Å². The van der Waals surface area contributed by atoms with Crippen molar-refractivity contribution in [2.45, 2.75) is 31.6 Å². The third-order valence-electron chi connectivity index (χ3n) is 6.76. The van der Waals surface area contributed by atoms with Gasteiger partial charge in [0.25, 0.3) is 0 Å². The third kappa shape index (κ3) is 3.62. The quantitative estimate of drug-likeness (QED) is 0.309. The zero-order valence-corrected chi connectivity index (χ0v) is 18.1. The Morgan fingerprint density at radius 2 is 1.53 bits per heavy atom. The normalized spacial score (nSPS) is 15.7. The minimum atomic E-state index is -0.981. The summed E-state index contributed by atoms with van der Waals surface area (Å²) >= 11 is 0. The molecule has 4 aromatic rings. The summed E-state index contributed by atoms with van der Waals surface area (Å²) in [6, 6.07) is 29.6. The smallest absolute Gasteiger partial charge is 0.327 e. The Labute approximate surface area is 188 Å². The molecule has 0 radical (unpaired) electrons. The molecule has 0 spiro atoms. The van der Waals surface area contributed by atoms with E-state index < -0.39 is 5.97 Å². The highest BCUT2D eigenvalue weighted by Gasteiger charge is 2.28. The first-order valence-electron chi connectivity index (χ1n) is 11.2. The Morgan fingerprint density at radius 1 is 0.844 bits per heavy atom. The topological polar surface area (TPSA) is 37.3 Å². The van der Waals surface area contributed by atoms with E-state index >= 15 is 0 Å². The molecule has 6 rings (SSSR count). The van der Waals surface area contributed by atoms with Crippen molar-refractivity contribution in [3.63, 3.8) is 0 Å². The van der Waals surface area contributed by atoms with Crippen LogP contribution in [0.1, 0.15) is 46.6 Å². The lowest BCUT2D eigenvalue weighted by Crippen LogP contribution is -2.13. The minimum Gasteiger partial charge on any atom is -0.478 e. The molecule has 32 heavy (non-hydrogen) atoms. The number of carbonyl (C=O) groups is 1. The first kappa shape index (κ1) is 20.3. The Bertz CT molecular complexity index is 1330. The van der Waals surface area contributed by atoms with Crippen molar-refractivity contribution in [3.05, 3.63) is 119 Å². The average molecular weight is 419 g/mol. The van der Waals surface area contributed by atoms with Crippen molar-refractivity contribution >= 4 is 16.7 Å². The van der Waals surface area contributed by atoms with Crippen molar-refractivity contribution in [2.75, 3.05) is 0 Å². The second-order valence-electron chi connectivity index (χ2n) is 8.59. The molecule has 1 unspecified atom stereocenters. The Kier molecular flexibility index (Phi) is 5.36. The molecular weight excluding hydrogens is 392 g/mol. The number of fused-ring (bicyclic) bond motifs is 5. The molecule has 0 aromatic heterocycles. The van der Waals surface area contributed by atoms with Gasteiger partial charge in [0, 0.05) is 12.0 Å². The maximum absolute atomic E-state index is 9.25. The fourth-order valence-corrected chi connectivity index (χ4v) is 5.33. The first-order chi connectivity index (χ1) is 15.7. The molecule has 2 heteroatoms. The van der Waals surface area contributed by atoms with Crippen LogP contribution in [-0.4, -0.2) is 11.1 Å². The highest BCUT2D eigenvalue weighted by Crippen LogP contribution is 2.45. The summed E-state index contributed by atoms with van der Waals surface area (Å²) in [5.74, 6) is -0.451. The van der Waals surface area contributed by atoms with Crippen molar-refractivity contribution in [2.24, 2.45) is 0 Å². The molecule has 2 aliphatic carbocycles. The van der Waals surface area contributed by atoms with Crippen LogP contribution >= 0.6 is 0 Å². The van der Waals surface area contributed by atoms with Gasteiger partial charge in [0.2, 0.25) is 0 Å². The largest absolute Gasteiger partial charge is 0.478 e. The predicted octanol–water partition coefficient (Wildman–Crippen LogP) is 7.14. The molecule has 0 amide bonds. The van der Waals surface area contributed by atoms with Gasteiger partial charge >= 0.3 is 5.97 Å². The summed E-state index contributed by atoms with van der Waals surface area (Å²) in [7, 11) is 0. The van der Waals surface area contributed by atoms with E-state index in [0.717, 1.165) is 12.5 Å². The van der Waals surface area contributed by atoms with Gasteiger partial charge in [-0.3, -0.25) is 0 Å². The van der Waals surface area contributed by atoms with Gasteiger partial charge in [-0.2, -0.15) is 0 Å². The maximum Gasteiger partial charge on any atom is 0.327 e. The van der Waals surface area contributed by atoms with E-state index in [0.29, 0.717) is 5.92 Å². The molecule has 4 aromatic carbocycles. The molecule has 0 heterocycles. The molecule has 0 saturated heterocycles. The van der Waals surface area contributed by atoms with Crippen molar-refractivity contribution in [1.82, 2.24) is 0 Å². The highest BCUT2D eigenvalue weighted by molar-refractivity contribution is 5.85. The average Bonchev–Trinajstić information content (AvgIpc) is 3.22. The van der Waals surface area contributed by atoms with Crippen LogP contribution in [0.3, 0.4) is 0 Å². The molecule has 0 bridgehead atoms. The second-order valence-corrected chi connectivity index (χ2v) is 8.59. The summed E-state index contributed by atoms with van der Waals surface area (Å²) in [4.78, 5) is 9.25. The molecule has 0 fully saturated rings. The molecule has 158 valence electrons. The Balaban J connectivity index is 0.000000393. The van der Waals surface area contributed by atoms with Crippen LogP contribution in [0, 0.1) is 0 Å². The molecule has 1 atom stereocenters. The van der Waals surface area contributed by atoms with Crippen LogP contribution in [0.25, 0.3) is 21.9 Å². The number of carboxylic acid groups (broad SMARTS) is 1. The van der Waals surface area contributed by atoms with Crippen LogP contribution < -0.4 is 0 Å². The van der Waals surface area contributed by atoms with Gasteiger partial charge in [-0.25, -0.2) is 4.79 Å². The lowest BCUT2D eigenvalue weighted by Gasteiger charge is -2.28. The van der Waals surface area contributed by atoms with Crippen LogP contribution in [0.2, 0.25) is 0 Å². The van der Waals surface area contributed by atoms with Crippen LogP contribution in [0.4, 0.5) is 0 Å². The van der Waals surface area contributed by atoms with E-state index in [9.17, 15) is 4.79 Å². The second kappa shape index (κ2) is 8.47. The Hall–Kier alpha value is -3.65. The number of aliphatic carboxylic acids is 1. The maximum atomic E-state index is 9.25. The molecule has 2 nitrogen and oxygen atoms in total. The van der Waals surface area contributed by atoms with Gasteiger partial charge in [-0.15, -0.1) is 0 Å². The minimum absolute atomic E-state index is 0.530. The fourth-order valence-electron chi connectivity index (χ4n) is 5.33. The van der Waals surface area contributed by atoms with Gasteiger partial charge in [0.1, 0.15) is 0 Å². The number of hydrogen-bond acceptors (Lipinski definition) is 1. The number of rotatable bonds is 2. The molecule has 0 saturated carbocycles. The molecule has 0 aliphatic heterocycles. The van der Waals surface area contributed by atoms with E-state index in [1.54, 1.807) is 22.3 Å². The Morgan fingerprint density at radius 3 is 2.31 bits per heavy atom. The highest BCUT2D eigenvalue weighted by atomic mass is 16.4. The van der Waals surface area contributed by atoms with E-state index in [1.807, 2.05) is 0 Å². The zero-order valence-electron chi connectivity index (χ0n) is 18.1. The lowest BCUT2D eigenvalue weighted by atomic mass is 9.76. The van der Waals surface area contributed by atoms with Gasteiger partial charge in [-0.05, 0) is 75.4 Å². The lowest BCUT2D eigenvalue weighted by molar-refractivity contribution is -0.131.